The Labute approximate surface area is 105 Å². The quantitative estimate of drug-likeness (QED) is 0.579. The number of ketones is 1. The molecular weight excluding hydrogens is 228 g/mol. The monoisotopic (exact) mass is 240 g/mol. The molecule has 0 saturated carbocycles. The smallest absolute Gasteiger partial charge is 0.236 e. The fourth-order valence-corrected chi connectivity index (χ4v) is 2.00. The van der Waals surface area contributed by atoms with Crippen LogP contribution in [0.25, 0.3) is 0 Å². The summed E-state index contributed by atoms with van der Waals surface area (Å²) in [6, 6.07) is 11.5. The standard InChI is InChI=1S/C15H12OS/c1-2-12-5-7-13(8-6-12)15(16)10-9-14-4-3-11-17-14/h3-8,11H,2H2,1H3. The van der Waals surface area contributed by atoms with E-state index in [1.54, 1.807) is 11.3 Å². The van der Waals surface area contributed by atoms with Crippen LogP contribution in [0.5, 0.6) is 0 Å². The number of benzene rings is 1. The first-order valence-electron chi connectivity index (χ1n) is 5.48. The minimum absolute atomic E-state index is 0.124. The van der Waals surface area contributed by atoms with Crippen molar-refractivity contribution in [1.82, 2.24) is 0 Å². The highest BCUT2D eigenvalue weighted by molar-refractivity contribution is 7.10. The van der Waals surface area contributed by atoms with Crippen LogP contribution in [0.15, 0.2) is 41.8 Å². The summed E-state index contributed by atoms with van der Waals surface area (Å²) in [7, 11) is 0. The van der Waals surface area contributed by atoms with Gasteiger partial charge >= 0.3 is 0 Å². The van der Waals surface area contributed by atoms with Crippen LogP contribution < -0.4 is 0 Å². The Hall–Kier alpha value is -1.85. The Balaban J connectivity index is 2.14. The second kappa shape index (κ2) is 5.47. The van der Waals surface area contributed by atoms with E-state index < -0.39 is 0 Å². The van der Waals surface area contributed by atoms with Crippen molar-refractivity contribution >= 4 is 17.1 Å². The van der Waals surface area contributed by atoms with Gasteiger partial charge in [-0.3, -0.25) is 4.79 Å². The first-order valence-corrected chi connectivity index (χ1v) is 6.36. The van der Waals surface area contributed by atoms with Crippen LogP contribution in [0.3, 0.4) is 0 Å². The molecule has 0 aliphatic carbocycles. The fraction of sp³-hybridized carbons (Fsp3) is 0.133. The maximum atomic E-state index is 11.8. The van der Waals surface area contributed by atoms with E-state index in [2.05, 4.69) is 18.8 Å². The van der Waals surface area contributed by atoms with Crippen molar-refractivity contribution in [1.29, 1.82) is 0 Å². The lowest BCUT2D eigenvalue weighted by Crippen LogP contribution is -1.95. The lowest BCUT2D eigenvalue weighted by Gasteiger charge is -1.96. The van der Waals surface area contributed by atoms with Gasteiger partial charge in [0.05, 0.1) is 4.88 Å². The molecule has 0 aliphatic heterocycles. The first kappa shape index (κ1) is 11.6. The van der Waals surface area contributed by atoms with Gasteiger partial charge in [-0.25, -0.2) is 0 Å². The number of carbonyl (C=O) groups is 1. The van der Waals surface area contributed by atoms with Crippen LogP contribution in [0.4, 0.5) is 0 Å². The number of aryl methyl sites for hydroxylation is 1. The number of hydrogen-bond donors (Lipinski definition) is 0. The highest BCUT2D eigenvalue weighted by Crippen LogP contribution is 2.07. The van der Waals surface area contributed by atoms with E-state index in [0.29, 0.717) is 5.56 Å². The predicted octanol–water partition coefficient (Wildman–Crippen LogP) is 3.54. The van der Waals surface area contributed by atoms with Gasteiger partial charge < -0.3 is 0 Å². The normalized spacial score (nSPS) is 9.47. The van der Waals surface area contributed by atoms with Gasteiger partial charge in [-0.15, -0.1) is 11.3 Å². The average molecular weight is 240 g/mol. The van der Waals surface area contributed by atoms with Gasteiger partial charge in [0.25, 0.3) is 0 Å². The van der Waals surface area contributed by atoms with Crippen LogP contribution in [0.2, 0.25) is 0 Å². The molecule has 0 N–H and O–H groups in total. The SMILES string of the molecule is CCc1ccc(C(=O)C#Cc2cccs2)cc1. The molecule has 0 bridgehead atoms. The highest BCUT2D eigenvalue weighted by Gasteiger charge is 2.01. The lowest BCUT2D eigenvalue weighted by molar-refractivity contribution is 0.105. The Morgan fingerprint density at radius 3 is 2.59 bits per heavy atom. The van der Waals surface area contributed by atoms with Crippen molar-refractivity contribution in [3.63, 3.8) is 0 Å². The Morgan fingerprint density at radius 2 is 2.00 bits per heavy atom. The molecule has 17 heavy (non-hydrogen) atoms. The van der Waals surface area contributed by atoms with E-state index in [9.17, 15) is 4.79 Å². The third-order valence-electron chi connectivity index (χ3n) is 2.44. The van der Waals surface area contributed by atoms with Gasteiger partial charge in [0, 0.05) is 5.56 Å². The van der Waals surface area contributed by atoms with E-state index in [1.165, 1.54) is 5.56 Å². The molecule has 0 radical (unpaired) electrons. The Kier molecular flexibility index (Phi) is 3.74. The first-order chi connectivity index (χ1) is 8.29. The molecule has 0 amide bonds. The Bertz CT molecular complexity index is 553. The molecule has 2 aromatic rings. The summed E-state index contributed by atoms with van der Waals surface area (Å²) < 4.78 is 0. The number of hydrogen-bond acceptors (Lipinski definition) is 2. The van der Waals surface area contributed by atoms with Crippen molar-refractivity contribution in [3.05, 3.63) is 57.8 Å². The third-order valence-corrected chi connectivity index (χ3v) is 3.23. The van der Waals surface area contributed by atoms with E-state index in [1.807, 2.05) is 41.8 Å². The third kappa shape index (κ3) is 3.05. The molecule has 0 aliphatic rings. The molecule has 1 aromatic carbocycles. The molecule has 84 valence electrons. The molecule has 1 nitrogen and oxygen atoms in total. The van der Waals surface area contributed by atoms with Crippen molar-refractivity contribution in [2.75, 3.05) is 0 Å². The second-order valence-electron chi connectivity index (χ2n) is 3.61. The van der Waals surface area contributed by atoms with Crippen LogP contribution in [0, 0.1) is 11.8 Å². The van der Waals surface area contributed by atoms with E-state index >= 15 is 0 Å². The molecule has 0 saturated heterocycles. The minimum Gasteiger partial charge on any atom is -0.279 e. The topological polar surface area (TPSA) is 17.1 Å². The number of Topliss-reactive ketones (excluding diaryl/α,β-unsaturated/α-hetero) is 1. The summed E-state index contributed by atoms with van der Waals surface area (Å²) in [5, 5.41) is 1.95. The van der Waals surface area contributed by atoms with Crippen molar-refractivity contribution in [3.8, 4) is 11.8 Å². The van der Waals surface area contributed by atoms with Gasteiger partial charge in [0.1, 0.15) is 0 Å². The number of thiophene rings is 1. The largest absolute Gasteiger partial charge is 0.279 e. The zero-order valence-electron chi connectivity index (χ0n) is 9.57. The van der Waals surface area contributed by atoms with Crippen LogP contribution in [-0.4, -0.2) is 5.78 Å². The van der Waals surface area contributed by atoms with Crippen molar-refractivity contribution in [2.45, 2.75) is 13.3 Å². The number of rotatable bonds is 2. The molecule has 0 unspecified atom stereocenters. The zero-order chi connectivity index (χ0) is 12.1. The predicted molar refractivity (Wildman–Crippen MR) is 71.3 cm³/mol. The lowest BCUT2D eigenvalue weighted by atomic mass is 10.1. The summed E-state index contributed by atoms with van der Waals surface area (Å²) in [5.74, 6) is 5.41. The molecule has 2 heteroatoms. The van der Waals surface area contributed by atoms with Gasteiger partial charge in [-0.1, -0.05) is 37.3 Å². The van der Waals surface area contributed by atoms with E-state index in [0.717, 1.165) is 11.3 Å². The summed E-state index contributed by atoms with van der Waals surface area (Å²) in [4.78, 5) is 12.7. The highest BCUT2D eigenvalue weighted by atomic mass is 32.1. The van der Waals surface area contributed by atoms with Gasteiger partial charge in [-0.2, -0.15) is 0 Å². The van der Waals surface area contributed by atoms with Crippen LogP contribution in [-0.2, 0) is 6.42 Å². The van der Waals surface area contributed by atoms with E-state index in [4.69, 9.17) is 0 Å². The molecular formula is C15H12OS. The van der Waals surface area contributed by atoms with E-state index in [-0.39, 0.29) is 5.78 Å². The van der Waals surface area contributed by atoms with Crippen molar-refractivity contribution in [2.24, 2.45) is 0 Å². The molecule has 1 aromatic heterocycles. The summed E-state index contributed by atoms with van der Waals surface area (Å²) in [6.07, 6.45) is 0.981. The van der Waals surface area contributed by atoms with Crippen LogP contribution >= 0.6 is 11.3 Å². The molecule has 0 atom stereocenters. The van der Waals surface area contributed by atoms with Gasteiger partial charge in [0.15, 0.2) is 0 Å². The Morgan fingerprint density at radius 1 is 1.24 bits per heavy atom. The number of carbonyl (C=O) groups excluding carboxylic acids is 1. The second-order valence-corrected chi connectivity index (χ2v) is 4.55. The van der Waals surface area contributed by atoms with Crippen LogP contribution in [0.1, 0.15) is 27.7 Å². The molecule has 1 heterocycles. The fourth-order valence-electron chi connectivity index (χ4n) is 1.43. The molecule has 2 rings (SSSR count). The summed E-state index contributed by atoms with van der Waals surface area (Å²) in [6.45, 7) is 2.09. The zero-order valence-corrected chi connectivity index (χ0v) is 10.4. The minimum atomic E-state index is -0.124. The summed E-state index contributed by atoms with van der Waals surface area (Å²) in [5.41, 5.74) is 1.89. The van der Waals surface area contributed by atoms with Gasteiger partial charge in [0.2, 0.25) is 5.78 Å². The summed E-state index contributed by atoms with van der Waals surface area (Å²) >= 11 is 1.54. The maximum absolute atomic E-state index is 11.8. The van der Waals surface area contributed by atoms with Gasteiger partial charge in [-0.05, 0) is 35.3 Å². The molecule has 0 fully saturated rings. The molecule has 0 spiro atoms. The van der Waals surface area contributed by atoms with Crippen molar-refractivity contribution < 1.29 is 4.79 Å². The maximum Gasteiger partial charge on any atom is 0.236 e. The average Bonchev–Trinajstić information content (AvgIpc) is 2.89.